The number of benzene rings is 3. The van der Waals surface area contributed by atoms with E-state index in [4.69, 9.17) is 11.3 Å². The van der Waals surface area contributed by atoms with Crippen LogP contribution in [0.4, 0.5) is 0 Å². The van der Waals surface area contributed by atoms with E-state index in [2.05, 4.69) is 4.98 Å². The highest BCUT2D eigenvalue weighted by atomic mass is 16.3. The summed E-state index contributed by atoms with van der Waals surface area (Å²) in [4.78, 5) is 4.42. The van der Waals surface area contributed by atoms with Gasteiger partial charge in [-0.25, -0.2) is 0 Å². The van der Waals surface area contributed by atoms with Gasteiger partial charge in [0.15, 0.2) is 0 Å². The first-order valence-electron chi connectivity index (χ1n) is 10.4. The Morgan fingerprint density at radius 3 is 2.16 bits per heavy atom. The predicted octanol–water partition coefficient (Wildman–Crippen LogP) is 6.32. The van der Waals surface area contributed by atoms with Crippen LogP contribution in [0.5, 0.6) is 0 Å². The summed E-state index contributed by atoms with van der Waals surface area (Å²) in [5, 5.41) is 1.69. The Morgan fingerprint density at radius 1 is 0.720 bits per heavy atom. The zero-order chi connectivity index (χ0) is 21.0. The molecule has 118 valence electrons. The molecule has 2 heteroatoms. The van der Waals surface area contributed by atoms with E-state index in [0.717, 1.165) is 22.0 Å². The third-order valence-electron chi connectivity index (χ3n) is 4.23. The average molecular weight is 326 g/mol. The van der Waals surface area contributed by atoms with Gasteiger partial charge in [-0.2, -0.15) is 0 Å². The molecule has 5 rings (SSSR count). The zero-order valence-corrected chi connectivity index (χ0v) is 13.1. The maximum absolute atomic E-state index is 8.34. The summed E-state index contributed by atoms with van der Waals surface area (Å²) < 4.78 is 46.8. The summed E-state index contributed by atoms with van der Waals surface area (Å²) in [7, 11) is 0. The molecule has 0 unspecified atom stereocenters. The summed E-state index contributed by atoms with van der Waals surface area (Å²) in [6.07, 6.45) is 1.72. The van der Waals surface area contributed by atoms with Crippen molar-refractivity contribution in [1.29, 1.82) is 0 Å². The van der Waals surface area contributed by atoms with E-state index in [0.29, 0.717) is 16.7 Å². The van der Waals surface area contributed by atoms with Crippen LogP contribution in [0.1, 0.15) is 6.85 Å². The van der Waals surface area contributed by atoms with Crippen LogP contribution in [0, 0.1) is 0 Å². The molecule has 2 nitrogen and oxygen atoms in total. The van der Waals surface area contributed by atoms with Crippen molar-refractivity contribution in [3.05, 3.63) is 91.0 Å². The molecule has 0 radical (unpaired) electrons. The average Bonchev–Trinajstić information content (AvgIpc) is 3.17. The number of fused-ring (bicyclic) bond motifs is 3. The van der Waals surface area contributed by atoms with Gasteiger partial charge in [-0.3, -0.25) is 4.98 Å². The van der Waals surface area contributed by atoms with Crippen molar-refractivity contribution in [2.75, 3.05) is 0 Å². The lowest BCUT2D eigenvalue weighted by Gasteiger charge is -2.02. The first-order chi connectivity index (χ1) is 14.5. The predicted molar refractivity (Wildman–Crippen MR) is 102 cm³/mol. The highest BCUT2D eigenvalue weighted by Crippen LogP contribution is 2.39. The van der Waals surface area contributed by atoms with E-state index in [1.165, 1.54) is 0 Å². The summed E-state index contributed by atoms with van der Waals surface area (Å²) in [5.41, 5.74) is 3.32. The molecule has 0 saturated carbocycles. The van der Waals surface area contributed by atoms with Gasteiger partial charge in [0.1, 0.15) is 11.2 Å². The Kier molecular flexibility index (Phi) is 2.20. The van der Waals surface area contributed by atoms with Crippen LogP contribution in [0.2, 0.25) is 0 Å². The standard InChI is InChI=1S/C23H15NO/c1-2-8-16(9-3-1)17-10-6-11-18-19-12-7-13-20(23(19)25-22(17)18)21-14-4-5-15-24-21/h1-15H/i1D,2D,3D,8D,9D. The van der Waals surface area contributed by atoms with Crippen molar-refractivity contribution in [2.45, 2.75) is 0 Å². The van der Waals surface area contributed by atoms with Gasteiger partial charge in [0, 0.05) is 28.1 Å². The van der Waals surface area contributed by atoms with Crippen molar-refractivity contribution in [3.63, 3.8) is 0 Å². The van der Waals surface area contributed by atoms with Crippen LogP contribution < -0.4 is 0 Å². The van der Waals surface area contributed by atoms with Gasteiger partial charge in [0.05, 0.1) is 12.5 Å². The van der Waals surface area contributed by atoms with E-state index in [-0.39, 0.29) is 29.7 Å². The summed E-state index contributed by atoms with van der Waals surface area (Å²) >= 11 is 0. The Balaban J connectivity index is 1.88. The molecule has 0 aliphatic rings. The lowest BCUT2D eigenvalue weighted by atomic mass is 10.0. The molecular formula is C23H15NO. The molecule has 0 amide bonds. The molecule has 0 atom stereocenters. The molecule has 3 aromatic carbocycles. The fourth-order valence-electron chi connectivity index (χ4n) is 3.13. The number of aromatic nitrogens is 1. The minimum absolute atomic E-state index is 0.130. The van der Waals surface area contributed by atoms with E-state index in [9.17, 15) is 0 Å². The highest BCUT2D eigenvalue weighted by molar-refractivity contribution is 6.12. The van der Waals surface area contributed by atoms with Crippen LogP contribution in [0.3, 0.4) is 0 Å². The van der Waals surface area contributed by atoms with Crippen molar-refractivity contribution < 1.29 is 11.3 Å². The van der Waals surface area contributed by atoms with Crippen molar-refractivity contribution >= 4 is 21.9 Å². The Bertz CT molecular complexity index is 1410. The summed E-state index contributed by atoms with van der Waals surface area (Å²) in [6.45, 7) is 0. The van der Waals surface area contributed by atoms with E-state index < -0.39 is 6.04 Å². The summed E-state index contributed by atoms with van der Waals surface area (Å²) in [6, 6.07) is 15.2. The van der Waals surface area contributed by atoms with Crippen LogP contribution in [0.15, 0.2) is 95.4 Å². The molecule has 0 N–H and O–H groups in total. The van der Waals surface area contributed by atoms with Gasteiger partial charge in [-0.1, -0.05) is 66.6 Å². The van der Waals surface area contributed by atoms with Crippen LogP contribution in [-0.2, 0) is 0 Å². The third kappa shape index (κ3) is 2.23. The normalized spacial score (nSPS) is 14.0. The number of hydrogen-bond acceptors (Lipinski definition) is 2. The second-order valence-corrected chi connectivity index (χ2v) is 5.68. The van der Waals surface area contributed by atoms with Crippen molar-refractivity contribution in [2.24, 2.45) is 0 Å². The molecule has 2 heterocycles. The number of para-hydroxylation sites is 2. The number of furan rings is 1. The molecule has 0 aliphatic carbocycles. The van der Waals surface area contributed by atoms with Gasteiger partial charge in [-0.15, -0.1) is 0 Å². The maximum Gasteiger partial charge on any atom is 0.144 e. The molecule has 0 aliphatic heterocycles. The molecule has 0 saturated heterocycles. The fraction of sp³-hybridized carbons (Fsp3) is 0. The zero-order valence-electron chi connectivity index (χ0n) is 18.1. The lowest BCUT2D eigenvalue weighted by Crippen LogP contribution is -1.81. The molecular weight excluding hydrogens is 306 g/mol. The largest absolute Gasteiger partial charge is 0.455 e. The van der Waals surface area contributed by atoms with Gasteiger partial charge >= 0.3 is 0 Å². The Hall–Kier alpha value is -3.39. The fourth-order valence-corrected chi connectivity index (χ4v) is 3.13. The van der Waals surface area contributed by atoms with E-state index in [1.54, 1.807) is 18.3 Å². The highest BCUT2D eigenvalue weighted by Gasteiger charge is 2.15. The van der Waals surface area contributed by atoms with Crippen LogP contribution >= 0.6 is 0 Å². The minimum atomic E-state index is -0.414. The second-order valence-electron chi connectivity index (χ2n) is 5.68. The second kappa shape index (κ2) is 5.60. The molecule has 25 heavy (non-hydrogen) atoms. The quantitative estimate of drug-likeness (QED) is 0.379. The van der Waals surface area contributed by atoms with Gasteiger partial charge < -0.3 is 4.42 Å². The number of nitrogens with zero attached hydrogens (tertiary/aromatic N) is 1. The summed E-state index contributed by atoms with van der Waals surface area (Å²) in [5.74, 6) is 0. The number of rotatable bonds is 2. The van der Waals surface area contributed by atoms with Gasteiger partial charge in [0.25, 0.3) is 0 Å². The molecule has 2 aromatic heterocycles. The number of hydrogen-bond donors (Lipinski definition) is 0. The third-order valence-corrected chi connectivity index (χ3v) is 4.23. The van der Waals surface area contributed by atoms with E-state index >= 15 is 0 Å². The minimum Gasteiger partial charge on any atom is -0.455 e. The monoisotopic (exact) mass is 326 g/mol. The first kappa shape index (κ1) is 9.80. The Labute approximate surface area is 152 Å². The SMILES string of the molecule is [2H]c1c([2H])c([2H])c(-c2cccc3c2oc2c(-c4ccccn4)cccc23)c([2H])c1[2H]. The number of pyridine rings is 1. The maximum atomic E-state index is 8.34. The smallest absolute Gasteiger partial charge is 0.144 e. The van der Waals surface area contributed by atoms with Crippen LogP contribution in [0.25, 0.3) is 44.3 Å². The van der Waals surface area contributed by atoms with Crippen molar-refractivity contribution in [3.8, 4) is 22.4 Å². The van der Waals surface area contributed by atoms with Crippen molar-refractivity contribution in [1.82, 2.24) is 4.98 Å². The molecule has 0 fully saturated rings. The molecule has 5 aromatic rings. The van der Waals surface area contributed by atoms with E-state index in [1.807, 2.05) is 42.5 Å². The van der Waals surface area contributed by atoms with Gasteiger partial charge in [0.2, 0.25) is 0 Å². The molecule has 0 spiro atoms. The Morgan fingerprint density at radius 2 is 1.44 bits per heavy atom. The first-order valence-corrected chi connectivity index (χ1v) is 7.92. The van der Waals surface area contributed by atoms with Crippen LogP contribution in [-0.4, -0.2) is 4.98 Å². The topological polar surface area (TPSA) is 26.0 Å². The molecule has 0 bridgehead atoms. The lowest BCUT2D eigenvalue weighted by molar-refractivity contribution is 0.671. The van der Waals surface area contributed by atoms with Gasteiger partial charge in [-0.05, 0) is 23.8 Å².